The number of aliphatic hydroxyl groups excluding tert-OH is 1. The molecule has 5 heteroatoms. The van der Waals surface area contributed by atoms with E-state index in [0.29, 0.717) is 23.7 Å². The van der Waals surface area contributed by atoms with Gasteiger partial charge in [0.2, 0.25) is 0 Å². The lowest BCUT2D eigenvalue weighted by Crippen LogP contribution is -2.49. The highest BCUT2D eigenvalue weighted by Crippen LogP contribution is 2.30. The summed E-state index contributed by atoms with van der Waals surface area (Å²) in [5, 5.41) is 18.5. The van der Waals surface area contributed by atoms with Crippen LogP contribution in [-0.4, -0.2) is 37.0 Å². The Bertz CT molecular complexity index is 473. The highest BCUT2D eigenvalue weighted by molar-refractivity contribution is 6.33. The Morgan fingerprint density at radius 1 is 1.61 bits per heavy atom. The fraction of sp³-hybridized carbons (Fsp3) is 0.462. The Morgan fingerprint density at radius 3 is 3.00 bits per heavy atom. The minimum absolute atomic E-state index is 0.00286. The number of benzene rings is 1. The van der Waals surface area contributed by atoms with Gasteiger partial charge in [-0.2, -0.15) is 5.26 Å². The van der Waals surface area contributed by atoms with Gasteiger partial charge in [-0.05, 0) is 25.1 Å². The molecule has 0 spiro atoms. The predicted molar refractivity (Wildman–Crippen MR) is 69.8 cm³/mol. The summed E-state index contributed by atoms with van der Waals surface area (Å²) in [4.78, 5) is 2.11. The quantitative estimate of drug-likeness (QED) is 0.887. The molecule has 4 nitrogen and oxygen atoms in total. The molecular formula is C13H15ClN2O2. The van der Waals surface area contributed by atoms with Gasteiger partial charge in [0.05, 0.1) is 41.7 Å². The van der Waals surface area contributed by atoms with Gasteiger partial charge in [0, 0.05) is 12.6 Å². The summed E-state index contributed by atoms with van der Waals surface area (Å²) in [6.07, 6.45) is -0.187. The molecule has 0 saturated carbocycles. The summed E-state index contributed by atoms with van der Waals surface area (Å²) >= 11 is 6.20. The standard InChI is InChI=1S/C13H15ClN2O2/c1-9-8-18-11(7-17)6-16(9)13-3-2-10(5-15)4-12(13)14/h2-4,9,11,17H,6-8H2,1H3. The second kappa shape index (κ2) is 5.57. The molecule has 0 aromatic heterocycles. The molecule has 0 amide bonds. The summed E-state index contributed by atoms with van der Waals surface area (Å²) < 4.78 is 5.49. The van der Waals surface area contributed by atoms with Crippen LogP contribution in [0.5, 0.6) is 0 Å². The molecule has 0 aliphatic carbocycles. The molecule has 1 saturated heterocycles. The van der Waals surface area contributed by atoms with Crippen molar-refractivity contribution in [1.82, 2.24) is 0 Å². The SMILES string of the molecule is CC1COC(CO)CN1c1ccc(C#N)cc1Cl. The van der Waals surface area contributed by atoms with Crippen molar-refractivity contribution in [3.8, 4) is 6.07 Å². The van der Waals surface area contributed by atoms with Gasteiger partial charge in [0.25, 0.3) is 0 Å². The largest absolute Gasteiger partial charge is 0.394 e. The van der Waals surface area contributed by atoms with E-state index in [-0.39, 0.29) is 18.8 Å². The molecule has 2 rings (SSSR count). The summed E-state index contributed by atoms with van der Waals surface area (Å²) in [7, 11) is 0. The van der Waals surface area contributed by atoms with E-state index in [1.807, 2.05) is 13.0 Å². The second-order valence-electron chi connectivity index (χ2n) is 4.42. The van der Waals surface area contributed by atoms with Crippen molar-refractivity contribution in [2.45, 2.75) is 19.1 Å². The zero-order valence-corrected chi connectivity index (χ0v) is 10.9. The highest BCUT2D eigenvalue weighted by atomic mass is 35.5. The first-order valence-electron chi connectivity index (χ1n) is 5.84. The lowest BCUT2D eigenvalue weighted by atomic mass is 10.1. The lowest BCUT2D eigenvalue weighted by Gasteiger charge is -2.39. The fourth-order valence-electron chi connectivity index (χ4n) is 2.07. The third kappa shape index (κ3) is 2.59. The van der Waals surface area contributed by atoms with E-state index < -0.39 is 0 Å². The number of nitriles is 1. The molecule has 1 aliphatic rings. The van der Waals surface area contributed by atoms with Crippen molar-refractivity contribution in [3.63, 3.8) is 0 Å². The number of aliphatic hydroxyl groups is 1. The first-order valence-corrected chi connectivity index (χ1v) is 6.22. The Morgan fingerprint density at radius 2 is 2.39 bits per heavy atom. The van der Waals surface area contributed by atoms with Crippen molar-refractivity contribution in [3.05, 3.63) is 28.8 Å². The zero-order chi connectivity index (χ0) is 13.1. The molecule has 2 atom stereocenters. The third-order valence-electron chi connectivity index (χ3n) is 3.10. The maximum Gasteiger partial charge on any atom is 0.0992 e. The maximum atomic E-state index is 9.17. The lowest BCUT2D eigenvalue weighted by molar-refractivity contribution is -0.0103. The number of anilines is 1. The molecule has 96 valence electrons. The molecule has 1 aromatic rings. The number of hydrogen-bond acceptors (Lipinski definition) is 4. The normalized spacial score (nSPS) is 23.8. The molecule has 0 bridgehead atoms. The molecule has 1 aliphatic heterocycles. The molecule has 1 aromatic carbocycles. The van der Waals surface area contributed by atoms with Crippen LogP contribution < -0.4 is 4.90 Å². The number of halogens is 1. The van der Waals surface area contributed by atoms with Crippen LogP contribution in [-0.2, 0) is 4.74 Å². The van der Waals surface area contributed by atoms with Crippen molar-refractivity contribution in [2.75, 3.05) is 24.7 Å². The van der Waals surface area contributed by atoms with E-state index in [4.69, 9.17) is 26.7 Å². The van der Waals surface area contributed by atoms with Crippen LogP contribution in [0.25, 0.3) is 0 Å². The Labute approximate surface area is 111 Å². The van der Waals surface area contributed by atoms with Crippen LogP contribution in [0.4, 0.5) is 5.69 Å². The number of morpholine rings is 1. The molecule has 2 unspecified atom stereocenters. The van der Waals surface area contributed by atoms with Crippen molar-refractivity contribution in [2.24, 2.45) is 0 Å². The minimum Gasteiger partial charge on any atom is -0.394 e. The van der Waals surface area contributed by atoms with Gasteiger partial charge in [-0.25, -0.2) is 0 Å². The smallest absolute Gasteiger partial charge is 0.0992 e. The first kappa shape index (κ1) is 13.2. The molecular weight excluding hydrogens is 252 g/mol. The van der Waals surface area contributed by atoms with Gasteiger partial charge < -0.3 is 14.7 Å². The van der Waals surface area contributed by atoms with Gasteiger partial charge in [-0.1, -0.05) is 11.6 Å². The van der Waals surface area contributed by atoms with Crippen molar-refractivity contribution in [1.29, 1.82) is 5.26 Å². The number of ether oxygens (including phenoxy) is 1. The maximum absolute atomic E-state index is 9.17. The predicted octanol–water partition coefficient (Wildman–Crippen LogP) is 1.80. The zero-order valence-electron chi connectivity index (χ0n) is 10.1. The molecule has 1 N–H and O–H groups in total. The third-order valence-corrected chi connectivity index (χ3v) is 3.40. The van der Waals surface area contributed by atoms with E-state index in [2.05, 4.69) is 11.0 Å². The van der Waals surface area contributed by atoms with Crippen LogP contribution in [0, 0.1) is 11.3 Å². The Kier molecular flexibility index (Phi) is 4.07. The van der Waals surface area contributed by atoms with E-state index in [0.717, 1.165) is 5.69 Å². The van der Waals surface area contributed by atoms with Gasteiger partial charge >= 0.3 is 0 Å². The fourth-order valence-corrected chi connectivity index (χ4v) is 2.36. The first-order chi connectivity index (χ1) is 8.65. The van der Waals surface area contributed by atoms with Crippen LogP contribution in [0.15, 0.2) is 18.2 Å². The van der Waals surface area contributed by atoms with Gasteiger partial charge in [0.1, 0.15) is 0 Å². The van der Waals surface area contributed by atoms with Crippen LogP contribution >= 0.6 is 11.6 Å². The highest BCUT2D eigenvalue weighted by Gasteiger charge is 2.27. The molecule has 1 heterocycles. The minimum atomic E-state index is -0.187. The molecule has 1 fully saturated rings. The van der Waals surface area contributed by atoms with Crippen LogP contribution in [0.1, 0.15) is 12.5 Å². The number of nitrogens with zero attached hydrogens (tertiary/aromatic N) is 2. The molecule has 0 radical (unpaired) electrons. The van der Waals surface area contributed by atoms with Gasteiger partial charge in [-0.3, -0.25) is 0 Å². The molecule has 18 heavy (non-hydrogen) atoms. The van der Waals surface area contributed by atoms with E-state index in [1.54, 1.807) is 12.1 Å². The van der Waals surface area contributed by atoms with Gasteiger partial charge in [0.15, 0.2) is 0 Å². The Hall–Kier alpha value is -1.28. The van der Waals surface area contributed by atoms with E-state index >= 15 is 0 Å². The van der Waals surface area contributed by atoms with Crippen LogP contribution in [0.3, 0.4) is 0 Å². The van der Waals surface area contributed by atoms with Crippen LogP contribution in [0.2, 0.25) is 5.02 Å². The van der Waals surface area contributed by atoms with E-state index in [9.17, 15) is 0 Å². The summed E-state index contributed by atoms with van der Waals surface area (Å²) in [6, 6.07) is 7.51. The number of rotatable bonds is 2. The summed E-state index contributed by atoms with van der Waals surface area (Å²) in [5.74, 6) is 0. The average molecular weight is 267 g/mol. The summed E-state index contributed by atoms with van der Waals surface area (Å²) in [6.45, 7) is 3.20. The van der Waals surface area contributed by atoms with E-state index in [1.165, 1.54) is 0 Å². The second-order valence-corrected chi connectivity index (χ2v) is 4.82. The number of hydrogen-bond donors (Lipinski definition) is 1. The van der Waals surface area contributed by atoms with Gasteiger partial charge in [-0.15, -0.1) is 0 Å². The Balaban J connectivity index is 2.26. The van der Waals surface area contributed by atoms with Crippen molar-refractivity contribution < 1.29 is 9.84 Å². The summed E-state index contributed by atoms with van der Waals surface area (Å²) in [5.41, 5.74) is 1.42. The monoisotopic (exact) mass is 266 g/mol. The topological polar surface area (TPSA) is 56.5 Å². The average Bonchev–Trinajstić information content (AvgIpc) is 2.39. The van der Waals surface area contributed by atoms with Crippen molar-refractivity contribution >= 4 is 17.3 Å².